The fourth-order valence-electron chi connectivity index (χ4n) is 1.30. The number of hydrogen-bond donors (Lipinski definition) is 2. The molecule has 0 aromatic heterocycles. The SMILES string of the molecule is Cc1ccccc1CNC(=O)NC(=O)CCCl. The molecular formula is C12H15ClN2O2. The van der Waals surface area contributed by atoms with Crippen LogP contribution in [0.3, 0.4) is 0 Å². The Kier molecular flexibility index (Phi) is 5.49. The third-order valence-electron chi connectivity index (χ3n) is 2.28. The van der Waals surface area contributed by atoms with E-state index < -0.39 is 6.03 Å². The predicted octanol–water partition coefficient (Wildman–Crippen LogP) is 1.95. The normalized spacial score (nSPS) is 9.76. The van der Waals surface area contributed by atoms with Gasteiger partial charge in [0.2, 0.25) is 5.91 Å². The first-order valence-electron chi connectivity index (χ1n) is 5.31. The van der Waals surface area contributed by atoms with E-state index in [0.717, 1.165) is 11.1 Å². The number of carbonyl (C=O) groups is 2. The number of carbonyl (C=O) groups excluding carboxylic acids is 2. The quantitative estimate of drug-likeness (QED) is 0.807. The average Bonchev–Trinajstić information content (AvgIpc) is 2.28. The molecule has 17 heavy (non-hydrogen) atoms. The van der Waals surface area contributed by atoms with Crippen LogP contribution >= 0.6 is 11.6 Å². The molecule has 0 radical (unpaired) electrons. The monoisotopic (exact) mass is 254 g/mol. The van der Waals surface area contributed by atoms with Gasteiger partial charge in [0.1, 0.15) is 0 Å². The minimum Gasteiger partial charge on any atom is -0.334 e. The van der Waals surface area contributed by atoms with Crippen LogP contribution in [-0.2, 0) is 11.3 Å². The molecule has 1 rings (SSSR count). The first-order chi connectivity index (χ1) is 8.13. The Morgan fingerprint density at radius 3 is 2.65 bits per heavy atom. The maximum Gasteiger partial charge on any atom is 0.321 e. The second-order valence-corrected chi connectivity index (χ2v) is 3.97. The van der Waals surface area contributed by atoms with Crippen molar-refractivity contribution in [1.29, 1.82) is 0 Å². The van der Waals surface area contributed by atoms with E-state index >= 15 is 0 Å². The molecule has 0 spiro atoms. The Hall–Kier alpha value is -1.55. The number of amides is 3. The minimum atomic E-state index is -0.497. The highest BCUT2D eigenvalue weighted by atomic mass is 35.5. The third kappa shape index (κ3) is 4.87. The second-order valence-electron chi connectivity index (χ2n) is 3.60. The number of aryl methyl sites for hydroxylation is 1. The second kappa shape index (κ2) is 6.91. The molecule has 0 heterocycles. The van der Waals surface area contributed by atoms with Crippen LogP contribution < -0.4 is 10.6 Å². The fraction of sp³-hybridized carbons (Fsp3) is 0.333. The van der Waals surface area contributed by atoms with Gasteiger partial charge >= 0.3 is 6.03 Å². The molecule has 0 aliphatic rings. The molecule has 0 saturated heterocycles. The highest BCUT2D eigenvalue weighted by Gasteiger charge is 2.06. The highest BCUT2D eigenvalue weighted by Crippen LogP contribution is 2.05. The first kappa shape index (κ1) is 13.5. The molecule has 4 nitrogen and oxygen atoms in total. The molecule has 2 N–H and O–H groups in total. The lowest BCUT2D eigenvalue weighted by Gasteiger charge is -2.08. The summed E-state index contributed by atoms with van der Waals surface area (Å²) in [4.78, 5) is 22.4. The molecule has 0 aliphatic carbocycles. The largest absolute Gasteiger partial charge is 0.334 e. The molecule has 0 fully saturated rings. The van der Waals surface area contributed by atoms with Crippen molar-refractivity contribution in [3.05, 3.63) is 35.4 Å². The van der Waals surface area contributed by atoms with Gasteiger partial charge in [0.15, 0.2) is 0 Å². The Labute approximate surface area is 105 Å². The average molecular weight is 255 g/mol. The maximum absolute atomic E-state index is 11.3. The Morgan fingerprint density at radius 2 is 2.00 bits per heavy atom. The smallest absolute Gasteiger partial charge is 0.321 e. The number of nitrogens with one attached hydrogen (secondary N) is 2. The molecule has 92 valence electrons. The van der Waals surface area contributed by atoms with Crippen molar-refractivity contribution in [2.45, 2.75) is 19.9 Å². The lowest BCUT2D eigenvalue weighted by molar-refractivity contribution is -0.119. The van der Waals surface area contributed by atoms with E-state index in [9.17, 15) is 9.59 Å². The van der Waals surface area contributed by atoms with Gasteiger partial charge in [0, 0.05) is 18.8 Å². The third-order valence-corrected chi connectivity index (χ3v) is 2.46. The summed E-state index contributed by atoms with van der Waals surface area (Å²) in [6.45, 7) is 2.36. The number of benzene rings is 1. The Morgan fingerprint density at radius 1 is 1.29 bits per heavy atom. The lowest BCUT2D eigenvalue weighted by Crippen LogP contribution is -2.39. The van der Waals surface area contributed by atoms with Crippen molar-refractivity contribution in [2.75, 3.05) is 5.88 Å². The fourth-order valence-corrected chi connectivity index (χ4v) is 1.47. The van der Waals surface area contributed by atoms with E-state index in [1.807, 2.05) is 31.2 Å². The molecule has 0 atom stereocenters. The van der Waals surface area contributed by atoms with Crippen molar-refractivity contribution in [3.8, 4) is 0 Å². The van der Waals surface area contributed by atoms with Crippen LogP contribution in [0.2, 0.25) is 0 Å². The van der Waals surface area contributed by atoms with Crippen LogP contribution in [-0.4, -0.2) is 17.8 Å². The van der Waals surface area contributed by atoms with Crippen LogP contribution in [0, 0.1) is 6.92 Å². The standard InChI is InChI=1S/C12H15ClN2O2/c1-9-4-2-3-5-10(9)8-14-12(17)15-11(16)6-7-13/h2-5H,6-8H2,1H3,(H2,14,15,16,17). The molecule has 0 aliphatic heterocycles. The molecule has 0 bridgehead atoms. The number of alkyl halides is 1. The van der Waals surface area contributed by atoms with Crippen LogP contribution in [0.4, 0.5) is 4.79 Å². The molecule has 5 heteroatoms. The van der Waals surface area contributed by atoms with Crippen molar-refractivity contribution in [2.24, 2.45) is 0 Å². The van der Waals surface area contributed by atoms with Crippen molar-refractivity contribution in [3.63, 3.8) is 0 Å². The summed E-state index contributed by atoms with van der Waals surface area (Å²) in [5.41, 5.74) is 2.12. The molecular weight excluding hydrogens is 240 g/mol. The topological polar surface area (TPSA) is 58.2 Å². The molecule has 0 saturated carbocycles. The number of halogens is 1. The Balaban J connectivity index is 2.38. The summed E-state index contributed by atoms with van der Waals surface area (Å²) in [5, 5.41) is 4.81. The first-order valence-corrected chi connectivity index (χ1v) is 5.85. The highest BCUT2D eigenvalue weighted by molar-refractivity contribution is 6.19. The van der Waals surface area contributed by atoms with Crippen molar-refractivity contribution in [1.82, 2.24) is 10.6 Å². The van der Waals surface area contributed by atoms with Crippen LogP contribution in [0.25, 0.3) is 0 Å². The van der Waals surface area contributed by atoms with Gasteiger partial charge in [-0.3, -0.25) is 10.1 Å². The van der Waals surface area contributed by atoms with Crippen LogP contribution in [0.5, 0.6) is 0 Å². The summed E-state index contributed by atoms with van der Waals surface area (Å²) in [7, 11) is 0. The van der Waals surface area contributed by atoms with E-state index in [-0.39, 0.29) is 18.2 Å². The van der Waals surface area contributed by atoms with Gasteiger partial charge in [-0.25, -0.2) is 4.79 Å². The molecule has 1 aromatic rings. The van der Waals surface area contributed by atoms with Gasteiger partial charge in [-0.15, -0.1) is 11.6 Å². The predicted molar refractivity (Wildman–Crippen MR) is 66.9 cm³/mol. The lowest BCUT2D eigenvalue weighted by atomic mass is 10.1. The molecule has 1 aromatic carbocycles. The summed E-state index contributed by atoms with van der Waals surface area (Å²) in [6, 6.07) is 7.23. The minimum absolute atomic E-state index is 0.138. The Bertz CT molecular complexity index is 407. The zero-order valence-electron chi connectivity index (χ0n) is 9.63. The van der Waals surface area contributed by atoms with Gasteiger partial charge < -0.3 is 5.32 Å². The van der Waals surface area contributed by atoms with Gasteiger partial charge in [0.05, 0.1) is 0 Å². The molecule has 0 unspecified atom stereocenters. The van der Waals surface area contributed by atoms with Gasteiger partial charge in [-0.2, -0.15) is 0 Å². The van der Waals surface area contributed by atoms with E-state index in [2.05, 4.69) is 10.6 Å². The van der Waals surface area contributed by atoms with E-state index in [4.69, 9.17) is 11.6 Å². The number of hydrogen-bond acceptors (Lipinski definition) is 2. The van der Waals surface area contributed by atoms with Crippen LogP contribution in [0.15, 0.2) is 24.3 Å². The summed E-state index contributed by atoms with van der Waals surface area (Å²) >= 11 is 5.38. The van der Waals surface area contributed by atoms with Gasteiger partial charge in [0.25, 0.3) is 0 Å². The summed E-state index contributed by atoms with van der Waals surface area (Å²) in [6.07, 6.45) is 0.138. The van der Waals surface area contributed by atoms with Crippen molar-refractivity contribution < 1.29 is 9.59 Å². The van der Waals surface area contributed by atoms with Gasteiger partial charge in [-0.1, -0.05) is 24.3 Å². The number of urea groups is 1. The number of imide groups is 1. The maximum atomic E-state index is 11.3. The van der Waals surface area contributed by atoms with Crippen LogP contribution in [0.1, 0.15) is 17.5 Å². The number of rotatable bonds is 4. The van der Waals surface area contributed by atoms with E-state index in [0.29, 0.717) is 6.54 Å². The van der Waals surface area contributed by atoms with Gasteiger partial charge in [-0.05, 0) is 18.1 Å². The van der Waals surface area contributed by atoms with Crippen molar-refractivity contribution >= 4 is 23.5 Å². The summed E-state index contributed by atoms with van der Waals surface area (Å²) in [5.74, 6) is -0.168. The summed E-state index contributed by atoms with van der Waals surface area (Å²) < 4.78 is 0. The van der Waals surface area contributed by atoms with E-state index in [1.54, 1.807) is 0 Å². The zero-order valence-corrected chi connectivity index (χ0v) is 10.4. The zero-order chi connectivity index (χ0) is 12.7. The molecule has 3 amide bonds. The van der Waals surface area contributed by atoms with E-state index in [1.165, 1.54) is 0 Å².